The fourth-order valence-electron chi connectivity index (χ4n) is 6.90. The van der Waals surface area contributed by atoms with E-state index in [-0.39, 0.29) is 0 Å². The minimum absolute atomic E-state index is 0.595. The monoisotopic (exact) mass is 615 g/mol. The van der Waals surface area contributed by atoms with Crippen LogP contribution in [0.15, 0.2) is 160 Å². The van der Waals surface area contributed by atoms with E-state index in [0.29, 0.717) is 17.5 Å². The van der Waals surface area contributed by atoms with Gasteiger partial charge in [0, 0.05) is 43.8 Å². The summed E-state index contributed by atoms with van der Waals surface area (Å²) in [5.74, 6) is 1.84. The van der Waals surface area contributed by atoms with E-state index in [0.717, 1.165) is 71.7 Å². The predicted octanol–water partition coefficient (Wildman–Crippen LogP) is 11.5. The molecule has 0 aliphatic heterocycles. The number of furan rings is 2. The Bertz CT molecular complexity index is 2780. The van der Waals surface area contributed by atoms with Crippen LogP contribution in [0.5, 0.6) is 0 Å². The highest BCUT2D eigenvalue weighted by atomic mass is 16.3. The molecule has 0 atom stereocenters. The molecule has 10 rings (SSSR count). The van der Waals surface area contributed by atoms with Gasteiger partial charge in [-0.25, -0.2) is 15.0 Å². The van der Waals surface area contributed by atoms with E-state index < -0.39 is 0 Å². The first-order valence-corrected chi connectivity index (χ1v) is 15.9. The van der Waals surface area contributed by atoms with Gasteiger partial charge in [-0.05, 0) is 40.6 Å². The smallest absolute Gasteiger partial charge is 0.164 e. The van der Waals surface area contributed by atoms with E-state index in [9.17, 15) is 0 Å². The highest BCUT2D eigenvalue weighted by Crippen LogP contribution is 2.42. The third kappa shape index (κ3) is 4.15. The molecule has 0 radical (unpaired) electrons. The first kappa shape index (κ1) is 26.6. The van der Waals surface area contributed by atoms with Crippen molar-refractivity contribution in [2.24, 2.45) is 0 Å². The summed E-state index contributed by atoms with van der Waals surface area (Å²) >= 11 is 0. The maximum Gasteiger partial charge on any atom is 0.164 e. The SMILES string of the molecule is c1ccc(-c2nc(-c3ccccc3)nc(-c3cccc4oc5c(-c6ccc7c(c6)oc6ccc8ccccc8c67)cccc5c34)n2)cc1. The molecule has 224 valence electrons. The summed E-state index contributed by atoms with van der Waals surface area (Å²) in [5.41, 5.74) is 8.07. The number of hydrogen-bond donors (Lipinski definition) is 0. The number of rotatable bonds is 4. The summed E-state index contributed by atoms with van der Waals surface area (Å²) in [6.45, 7) is 0. The average molecular weight is 616 g/mol. The van der Waals surface area contributed by atoms with Crippen molar-refractivity contribution in [3.05, 3.63) is 152 Å². The standard InChI is InChI=1S/C43H25N3O2/c1-3-12-27(13-4-1)41-44-42(28-14-5-2-6-15-28)46-43(45-41)34-19-10-20-35-39(34)33-18-9-17-31(40(33)48-35)29-21-23-32-37(25-29)47-36-24-22-26-11-7-8-16-30(26)38(32)36/h1-25H. The van der Waals surface area contributed by atoms with Crippen LogP contribution < -0.4 is 0 Å². The number of fused-ring (bicyclic) bond motifs is 8. The Morgan fingerprint density at radius 2 is 1.00 bits per heavy atom. The summed E-state index contributed by atoms with van der Waals surface area (Å²) < 4.78 is 13.1. The van der Waals surface area contributed by atoms with Gasteiger partial charge in [0.25, 0.3) is 0 Å². The largest absolute Gasteiger partial charge is 0.456 e. The van der Waals surface area contributed by atoms with Crippen molar-refractivity contribution in [3.63, 3.8) is 0 Å². The molecule has 0 fully saturated rings. The maximum absolute atomic E-state index is 6.66. The van der Waals surface area contributed by atoms with Gasteiger partial charge in [0.15, 0.2) is 17.5 Å². The van der Waals surface area contributed by atoms with Gasteiger partial charge < -0.3 is 8.83 Å². The Hall–Kier alpha value is -6.59. The van der Waals surface area contributed by atoms with Crippen molar-refractivity contribution >= 4 is 54.6 Å². The molecule has 0 saturated carbocycles. The van der Waals surface area contributed by atoms with E-state index in [2.05, 4.69) is 78.9 Å². The lowest BCUT2D eigenvalue weighted by atomic mass is 9.98. The summed E-state index contributed by atoms with van der Waals surface area (Å²) in [4.78, 5) is 14.9. The van der Waals surface area contributed by atoms with Gasteiger partial charge in [-0.3, -0.25) is 0 Å². The second-order valence-electron chi connectivity index (χ2n) is 12.0. The van der Waals surface area contributed by atoms with E-state index in [4.69, 9.17) is 23.8 Å². The van der Waals surface area contributed by atoms with Crippen LogP contribution in [0.4, 0.5) is 0 Å². The molecule has 0 aliphatic carbocycles. The summed E-state index contributed by atoms with van der Waals surface area (Å²) in [6.07, 6.45) is 0. The summed E-state index contributed by atoms with van der Waals surface area (Å²) in [5, 5.41) is 6.60. The lowest BCUT2D eigenvalue weighted by Crippen LogP contribution is -2.00. The molecule has 0 bridgehead atoms. The minimum atomic E-state index is 0.595. The van der Waals surface area contributed by atoms with E-state index in [1.807, 2.05) is 72.8 Å². The zero-order chi connectivity index (χ0) is 31.6. The molecule has 0 spiro atoms. The van der Waals surface area contributed by atoms with Crippen LogP contribution in [0.2, 0.25) is 0 Å². The van der Waals surface area contributed by atoms with Crippen LogP contribution in [0, 0.1) is 0 Å². The molecule has 5 nitrogen and oxygen atoms in total. The average Bonchev–Trinajstić information content (AvgIpc) is 3.74. The number of aromatic nitrogens is 3. The van der Waals surface area contributed by atoms with Crippen LogP contribution in [-0.2, 0) is 0 Å². The molecule has 48 heavy (non-hydrogen) atoms. The fourth-order valence-corrected chi connectivity index (χ4v) is 6.90. The Balaban J connectivity index is 1.17. The lowest BCUT2D eigenvalue weighted by molar-refractivity contribution is 0.668. The van der Waals surface area contributed by atoms with Gasteiger partial charge in [0.2, 0.25) is 0 Å². The van der Waals surface area contributed by atoms with Gasteiger partial charge in [-0.15, -0.1) is 0 Å². The Morgan fingerprint density at radius 3 is 1.79 bits per heavy atom. The zero-order valence-electron chi connectivity index (χ0n) is 25.6. The molecule has 0 N–H and O–H groups in total. The third-order valence-electron chi connectivity index (χ3n) is 9.14. The third-order valence-corrected chi connectivity index (χ3v) is 9.14. The Labute approximate surface area is 274 Å². The molecule has 0 aliphatic rings. The van der Waals surface area contributed by atoms with E-state index in [1.165, 1.54) is 10.8 Å². The van der Waals surface area contributed by atoms with E-state index in [1.54, 1.807) is 0 Å². The van der Waals surface area contributed by atoms with Crippen molar-refractivity contribution in [1.29, 1.82) is 0 Å². The normalized spacial score (nSPS) is 11.8. The van der Waals surface area contributed by atoms with Crippen molar-refractivity contribution < 1.29 is 8.83 Å². The zero-order valence-corrected chi connectivity index (χ0v) is 25.6. The Morgan fingerprint density at radius 1 is 0.354 bits per heavy atom. The number of para-hydroxylation sites is 1. The van der Waals surface area contributed by atoms with Gasteiger partial charge in [-0.1, -0.05) is 127 Å². The molecular formula is C43H25N3O2. The van der Waals surface area contributed by atoms with Crippen molar-refractivity contribution in [3.8, 4) is 45.3 Å². The second-order valence-corrected chi connectivity index (χ2v) is 12.0. The van der Waals surface area contributed by atoms with Crippen molar-refractivity contribution in [2.45, 2.75) is 0 Å². The van der Waals surface area contributed by atoms with E-state index >= 15 is 0 Å². The Kier molecular flexibility index (Phi) is 5.81. The van der Waals surface area contributed by atoms with Crippen LogP contribution in [0.1, 0.15) is 0 Å². The molecule has 5 heteroatoms. The summed E-state index contributed by atoms with van der Waals surface area (Å²) in [7, 11) is 0. The predicted molar refractivity (Wildman–Crippen MR) is 194 cm³/mol. The van der Waals surface area contributed by atoms with Gasteiger partial charge in [0.1, 0.15) is 22.3 Å². The highest BCUT2D eigenvalue weighted by molar-refractivity contribution is 6.20. The highest BCUT2D eigenvalue weighted by Gasteiger charge is 2.20. The van der Waals surface area contributed by atoms with Crippen LogP contribution in [0.3, 0.4) is 0 Å². The van der Waals surface area contributed by atoms with Crippen LogP contribution in [-0.4, -0.2) is 15.0 Å². The van der Waals surface area contributed by atoms with Crippen LogP contribution >= 0.6 is 0 Å². The number of hydrogen-bond acceptors (Lipinski definition) is 5. The fraction of sp³-hybridized carbons (Fsp3) is 0. The molecule has 0 saturated heterocycles. The quantitative estimate of drug-likeness (QED) is 0.197. The van der Waals surface area contributed by atoms with Crippen molar-refractivity contribution in [2.75, 3.05) is 0 Å². The van der Waals surface area contributed by atoms with Gasteiger partial charge in [-0.2, -0.15) is 0 Å². The lowest BCUT2D eigenvalue weighted by Gasteiger charge is -2.09. The first-order valence-electron chi connectivity index (χ1n) is 15.9. The molecule has 0 amide bonds. The minimum Gasteiger partial charge on any atom is -0.456 e. The van der Waals surface area contributed by atoms with Crippen molar-refractivity contribution in [1.82, 2.24) is 15.0 Å². The second kappa shape index (κ2) is 10.5. The first-order chi connectivity index (χ1) is 23.8. The van der Waals surface area contributed by atoms with Crippen LogP contribution in [0.25, 0.3) is 99.9 Å². The number of nitrogens with zero attached hydrogens (tertiary/aromatic N) is 3. The van der Waals surface area contributed by atoms with Gasteiger partial charge in [0.05, 0.1) is 0 Å². The number of benzene rings is 7. The molecule has 0 unspecified atom stereocenters. The molecule has 10 aromatic rings. The molecule has 3 heterocycles. The molecule has 3 aromatic heterocycles. The molecule has 7 aromatic carbocycles. The maximum atomic E-state index is 6.66. The topological polar surface area (TPSA) is 65.0 Å². The molecular weight excluding hydrogens is 590 g/mol. The van der Waals surface area contributed by atoms with Gasteiger partial charge >= 0.3 is 0 Å². The summed E-state index contributed by atoms with van der Waals surface area (Å²) in [6, 6.07) is 51.5.